The minimum atomic E-state index is -0.684. The third-order valence-corrected chi connectivity index (χ3v) is 14.1. The monoisotopic (exact) mass is 598 g/mol. The molecule has 0 saturated carbocycles. The molecule has 0 fully saturated rings. The molecule has 2 unspecified atom stereocenters. The van der Waals surface area contributed by atoms with Crippen molar-refractivity contribution < 1.29 is 0 Å². The van der Waals surface area contributed by atoms with E-state index in [0.717, 1.165) is 6.42 Å². The number of rotatable bonds is 4. The van der Waals surface area contributed by atoms with Gasteiger partial charge in [-0.1, -0.05) is 121 Å². The van der Waals surface area contributed by atoms with Gasteiger partial charge >= 0.3 is 0 Å². The van der Waals surface area contributed by atoms with Crippen molar-refractivity contribution in [2.75, 3.05) is 4.90 Å². The van der Waals surface area contributed by atoms with Crippen molar-refractivity contribution in [3.05, 3.63) is 154 Å². The predicted octanol–water partition coefficient (Wildman–Crippen LogP) is 9.57. The zero-order valence-electron chi connectivity index (χ0n) is 24.7. The lowest BCUT2D eigenvalue weighted by atomic mass is 9.91. The zero-order chi connectivity index (χ0) is 29.2. The van der Waals surface area contributed by atoms with Crippen LogP contribution in [0, 0.1) is 0 Å². The second kappa shape index (κ2) is 10.3. The summed E-state index contributed by atoms with van der Waals surface area (Å²) in [5, 5.41) is 7.22. The normalized spacial score (nSPS) is 19.2. The molecule has 9 rings (SSSR count). The number of para-hydroxylation sites is 1. The van der Waals surface area contributed by atoms with Crippen molar-refractivity contribution >= 4 is 64.0 Å². The molecule has 211 valence electrons. The van der Waals surface area contributed by atoms with Crippen molar-refractivity contribution in [2.45, 2.75) is 31.0 Å². The second-order valence-electron chi connectivity index (χ2n) is 12.2. The van der Waals surface area contributed by atoms with Crippen molar-refractivity contribution in [2.24, 2.45) is 0 Å². The number of thiophene rings is 1. The van der Waals surface area contributed by atoms with E-state index in [1.807, 2.05) is 11.3 Å². The molecule has 1 aromatic heterocycles. The molecular formula is C41H32NSSi. The van der Waals surface area contributed by atoms with Gasteiger partial charge in [-0.2, -0.15) is 0 Å². The average Bonchev–Trinajstić information content (AvgIpc) is 3.60. The highest BCUT2D eigenvalue weighted by Crippen LogP contribution is 2.49. The van der Waals surface area contributed by atoms with Crippen LogP contribution in [0.5, 0.6) is 0 Å². The van der Waals surface area contributed by atoms with E-state index in [1.165, 1.54) is 59.5 Å². The summed E-state index contributed by atoms with van der Waals surface area (Å²) in [7, 11) is -0.684. The summed E-state index contributed by atoms with van der Waals surface area (Å²) >= 11 is 2.00. The van der Waals surface area contributed by atoms with E-state index in [1.54, 1.807) is 16.3 Å². The topological polar surface area (TPSA) is 3.24 Å². The summed E-state index contributed by atoms with van der Waals surface area (Å²) < 4.78 is 2.95. The number of hydrogen-bond donors (Lipinski definition) is 0. The SMILES string of the molecule is C[Si]1C2=C(C=CC(N(c3ccccc3)c3ccc(-c4cccc5ccccc45)cc3)C2)C2=c3sc4ccccc4c3=CCC21. The molecule has 0 amide bonds. The van der Waals surface area contributed by atoms with Crippen molar-refractivity contribution in [1.82, 2.24) is 0 Å². The number of nitrogens with zero attached hydrogens (tertiary/aromatic N) is 1. The van der Waals surface area contributed by atoms with Gasteiger partial charge in [-0.15, -0.1) is 11.3 Å². The maximum Gasteiger partial charge on any atom is 0.0860 e. The summed E-state index contributed by atoms with van der Waals surface area (Å²) in [6.07, 6.45) is 9.80. The third kappa shape index (κ3) is 4.03. The van der Waals surface area contributed by atoms with Crippen molar-refractivity contribution in [3.8, 4) is 11.1 Å². The molecule has 1 nitrogen and oxygen atoms in total. The largest absolute Gasteiger partial charge is 0.334 e. The Morgan fingerprint density at radius 1 is 0.727 bits per heavy atom. The molecule has 2 heterocycles. The van der Waals surface area contributed by atoms with E-state index in [2.05, 4.69) is 151 Å². The molecule has 5 aromatic carbocycles. The minimum Gasteiger partial charge on any atom is -0.334 e. The lowest BCUT2D eigenvalue weighted by Crippen LogP contribution is -2.33. The molecule has 0 bridgehead atoms. The van der Waals surface area contributed by atoms with Crippen LogP contribution in [0.25, 0.3) is 43.6 Å². The Bertz CT molecular complexity index is 2250. The first kappa shape index (κ1) is 26.0. The second-order valence-corrected chi connectivity index (χ2v) is 16.0. The maximum atomic E-state index is 2.58. The molecule has 2 aliphatic carbocycles. The fourth-order valence-corrected chi connectivity index (χ4v) is 12.0. The lowest BCUT2D eigenvalue weighted by Gasteiger charge is -2.35. The third-order valence-electron chi connectivity index (χ3n) is 9.91. The van der Waals surface area contributed by atoms with E-state index < -0.39 is 8.80 Å². The Hall–Kier alpha value is -4.44. The first-order chi connectivity index (χ1) is 21.7. The number of allylic oxidation sites excluding steroid dienone is 2. The van der Waals surface area contributed by atoms with Crippen molar-refractivity contribution in [3.63, 3.8) is 0 Å². The Labute approximate surface area is 264 Å². The van der Waals surface area contributed by atoms with Crippen molar-refractivity contribution in [1.29, 1.82) is 0 Å². The lowest BCUT2D eigenvalue weighted by molar-refractivity contribution is 0.773. The van der Waals surface area contributed by atoms with Gasteiger partial charge in [0.2, 0.25) is 0 Å². The van der Waals surface area contributed by atoms with Gasteiger partial charge in [0, 0.05) is 20.6 Å². The highest BCUT2D eigenvalue weighted by molar-refractivity contribution is 7.17. The average molecular weight is 599 g/mol. The molecule has 1 aliphatic heterocycles. The van der Waals surface area contributed by atoms with Crippen LogP contribution in [0.15, 0.2) is 144 Å². The molecule has 6 aromatic rings. The van der Waals surface area contributed by atoms with Crippen LogP contribution in [0.1, 0.15) is 12.8 Å². The predicted molar refractivity (Wildman–Crippen MR) is 191 cm³/mol. The molecule has 0 spiro atoms. The van der Waals surface area contributed by atoms with Crippen LogP contribution in [0.4, 0.5) is 11.4 Å². The Kier molecular flexibility index (Phi) is 6.10. The fraction of sp³-hybridized carbons (Fsp3) is 0.122. The van der Waals surface area contributed by atoms with E-state index >= 15 is 0 Å². The van der Waals surface area contributed by atoms with Gasteiger partial charge in [0.1, 0.15) is 0 Å². The van der Waals surface area contributed by atoms with Gasteiger partial charge in [-0.05, 0) is 92.4 Å². The first-order valence-corrected chi connectivity index (χ1v) is 18.5. The number of anilines is 2. The van der Waals surface area contributed by atoms with Crippen LogP contribution in [-0.4, -0.2) is 14.8 Å². The van der Waals surface area contributed by atoms with Crippen LogP contribution >= 0.6 is 11.3 Å². The summed E-state index contributed by atoms with van der Waals surface area (Å²) in [6, 6.07) is 44.7. The molecule has 0 saturated heterocycles. The standard InChI is InChI=1S/C41H32NSSi/c1-44-38-25-24-35-34-15-7-8-17-37(34)43-41(35)40(38)36-23-22-31(26-39(36)44)42(29-12-3-2-4-13-29)30-20-18-28(19-21-30)33-16-9-11-27-10-5-6-14-32(27)33/h2-24,31,38H,25-26H2,1H3. The van der Waals surface area contributed by atoms with Crippen LogP contribution in [0.2, 0.25) is 12.1 Å². The van der Waals surface area contributed by atoms with Gasteiger partial charge in [0.25, 0.3) is 0 Å². The quantitative estimate of drug-likeness (QED) is 0.183. The molecule has 0 N–H and O–H groups in total. The molecule has 2 atom stereocenters. The van der Waals surface area contributed by atoms with Gasteiger partial charge in [0.05, 0.1) is 14.8 Å². The summed E-state index contributed by atoms with van der Waals surface area (Å²) in [5.74, 6) is 0. The fourth-order valence-electron chi connectivity index (χ4n) is 7.79. The Morgan fingerprint density at radius 2 is 1.45 bits per heavy atom. The molecule has 3 heteroatoms. The van der Waals surface area contributed by atoms with Crippen LogP contribution in [-0.2, 0) is 0 Å². The first-order valence-electron chi connectivity index (χ1n) is 15.6. The molecule has 44 heavy (non-hydrogen) atoms. The maximum absolute atomic E-state index is 2.58. The number of fused-ring (bicyclic) bond motifs is 6. The Morgan fingerprint density at radius 3 is 2.32 bits per heavy atom. The summed E-state index contributed by atoms with van der Waals surface area (Å²) in [6.45, 7) is 2.58. The van der Waals surface area contributed by atoms with E-state index in [9.17, 15) is 0 Å². The number of benzene rings is 5. The van der Waals surface area contributed by atoms with Gasteiger partial charge in [-0.3, -0.25) is 0 Å². The van der Waals surface area contributed by atoms with Gasteiger partial charge in [0.15, 0.2) is 0 Å². The zero-order valence-corrected chi connectivity index (χ0v) is 26.5. The molecular weight excluding hydrogens is 567 g/mol. The molecule has 3 aliphatic rings. The van der Waals surface area contributed by atoms with E-state index in [0.29, 0.717) is 5.54 Å². The minimum absolute atomic E-state index is 0.283. The molecule has 1 radical (unpaired) electrons. The van der Waals surface area contributed by atoms with E-state index in [-0.39, 0.29) is 6.04 Å². The van der Waals surface area contributed by atoms with Gasteiger partial charge < -0.3 is 4.90 Å². The summed E-state index contributed by atoms with van der Waals surface area (Å²) in [5.41, 5.74) is 8.92. The van der Waals surface area contributed by atoms with Crippen LogP contribution < -0.4 is 14.7 Å². The van der Waals surface area contributed by atoms with E-state index in [4.69, 9.17) is 0 Å². The van der Waals surface area contributed by atoms with Gasteiger partial charge in [-0.25, -0.2) is 0 Å². The highest BCUT2D eigenvalue weighted by Gasteiger charge is 2.40. The van der Waals surface area contributed by atoms with Crippen LogP contribution in [0.3, 0.4) is 0 Å². The number of hydrogen-bond acceptors (Lipinski definition) is 2. The summed E-state index contributed by atoms with van der Waals surface area (Å²) in [4.78, 5) is 2.56. The smallest absolute Gasteiger partial charge is 0.0860 e. The highest BCUT2D eigenvalue weighted by atomic mass is 32.1. The Balaban J connectivity index is 1.11.